The molecule has 6 nitrogen and oxygen atoms in total. The first-order valence-electron chi connectivity index (χ1n) is 7.83. The molecule has 130 valence electrons. The highest BCUT2D eigenvalue weighted by molar-refractivity contribution is 7.11. The molecule has 2 N–H and O–H groups in total. The van der Waals surface area contributed by atoms with Crippen LogP contribution in [0.5, 0.6) is 0 Å². The number of benzene rings is 1. The summed E-state index contributed by atoms with van der Waals surface area (Å²) in [6.45, 7) is 0. The number of fused-ring (bicyclic) bond motifs is 1. The number of carboxylic acid groups (broad SMARTS) is 1. The summed E-state index contributed by atoms with van der Waals surface area (Å²) in [6.07, 6.45) is 3.87. The Morgan fingerprint density at radius 2 is 2.15 bits per heavy atom. The molecular formula is C18H13ClN4O2S. The molecule has 4 rings (SSSR count). The van der Waals surface area contributed by atoms with Gasteiger partial charge in [-0.1, -0.05) is 17.7 Å². The van der Waals surface area contributed by atoms with E-state index in [9.17, 15) is 4.79 Å². The van der Waals surface area contributed by atoms with Gasteiger partial charge in [0.1, 0.15) is 0 Å². The second kappa shape index (κ2) is 6.86. The third-order valence-electron chi connectivity index (χ3n) is 3.92. The number of pyridine rings is 1. The van der Waals surface area contributed by atoms with E-state index in [1.54, 1.807) is 18.5 Å². The Kier molecular flexibility index (Phi) is 4.40. The third kappa shape index (κ3) is 3.31. The Bertz CT molecular complexity index is 1110. The fraction of sp³-hybridized carbons (Fsp3) is 0.111. The monoisotopic (exact) mass is 384 g/mol. The van der Waals surface area contributed by atoms with Crippen molar-refractivity contribution in [2.24, 2.45) is 0 Å². The van der Waals surface area contributed by atoms with Gasteiger partial charge >= 0.3 is 5.97 Å². The second-order valence-corrected chi connectivity index (χ2v) is 7.34. The van der Waals surface area contributed by atoms with Gasteiger partial charge in [0.05, 0.1) is 27.7 Å². The minimum absolute atomic E-state index is 0.0102. The predicted molar refractivity (Wildman–Crippen MR) is 101 cm³/mol. The number of nitrogens with zero attached hydrogens (tertiary/aromatic N) is 3. The zero-order valence-corrected chi connectivity index (χ0v) is 15.0. The van der Waals surface area contributed by atoms with Crippen molar-refractivity contribution in [3.63, 3.8) is 0 Å². The van der Waals surface area contributed by atoms with Crippen LogP contribution in [0.1, 0.15) is 15.6 Å². The van der Waals surface area contributed by atoms with Crippen LogP contribution in [-0.2, 0) is 17.6 Å². The van der Waals surface area contributed by atoms with Gasteiger partial charge in [0, 0.05) is 40.3 Å². The lowest BCUT2D eigenvalue weighted by Gasteiger charge is -2.03. The molecule has 0 radical (unpaired) electrons. The molecule has 0 saturated carbocycles. The number of thiazole rings is 1. The van der Waals surface area contributed by atoms with Crippen LogP contribution in [-0.4, -0.2) is 31.2 Å². The first-order valence-corrected chi connectivity index (χ1v) is 9.03. The summed E-state index contributed by atoms with van der Waals surface area (Å²) in [5, 5.41) is 18.7. The fourth-order valence-electron chi connectivity index (χ4n) is 2.76. The number of nitrogens with one attached hydrogen (secondary N) is 1. The topological polar surface area (TPSA) is 91.8 Å². The van der Waals surface area contributed by atoms with E-state index < -0.39 is 5.97 Å². The first kappa shape index (κ1) is 16.7. The van der Waals surface area contributed by atoms with E-state index in [4.69, 9.17) is 16.7 Å². The number of hydrogen-bond acceptors (Lipinski definition) is 5. The third-order valence-corrected chi connectivity index (χ3v) is 5.22. The fourth-order valence-corrected chi connectivity index (χ4v) is 3.91. The van der Waals surface area contributed by atoms with Gasteiger partial charge in [-0.25, -0.2) is 4.98 Å². The predicted octanol–water partition coefficient (Wildman–Crippen LogP) is 3.95. The smallest absolute Gasteiger partial charge is 0.308 e. The van der Waals surface area contributed by atoms with Gasteiger partial charge in [-0.2, -0.15) is 5.10 Å². The molecule has 26 heavy (non-hydrogen) atoms. The molecule has 0 atom stereocenters. The SMILES string of the molecule is O=C(O)Cc1cnc(Cc2[nH]nc3ccc(-c4ncccc4Cl)cc23)s1. The molecule has 0 aliphatic heterocycles. The van der Waals surface area contributed by atoms with Crippen LogP contribution >= 0.6 is 22.9 Å². The van der Waals surface area contributed by atoms with E-state index in [1.807, 2.05) is 24.3 Å². The van der Waals surface area contributed by atoms with Crippen molar-refractivity contribution in [2.75, 3.05) is 0 Å². The van der Waals surface area contributed by atoms with E-state index >= 15 is 0 Å². The number of halogens is 1. The van der Waals surface area contributed by atoms with Gasteiger partial charge in [0.2, 0.25) is 0 Å². The number of H-pyrrole nitrogens is 1. The zero-order chi connectivity index (χ0) is 18.1. The molecule has 0 fully saturated rings. The van der Waals surface area contributed by atoms with Crippen molar-refractivity contribution < 1.29 is 9.90 Å². The molecule has 0 aliphatic carbocycles. The highest BCUT2D eigenvalue weighted by atomic mass is 35.5. The summed E-state index contributed by atoms with van der Waals surface area (Å²) in [5.74, 6) is -0.857. The van der Waals surface area contributed by atoms with Crippen LogP contribution < -0.4 is 0 Å². The number of aromatic amines is 1. The van der Waals surface area contributed by atoms with Crippen LogP contribution in [0.2, 0.25) is 5.02 Å². The van der Waals surface area contributed by atoms with Gasteiger partial charge in [-0.15, -0.1) is 11.3 Å². The molecular weight excluding hydrogens is 372 g/mol. The Balaban J connectivity index is 1.68. The molecule has 1 aromatic carbocycles. The summed E-state index contributed by atoms with van der Waals surface area (Å²) in [5.41, 5.74) is 3.40. The largest absolute Gasteiger partial charge is 0.481 e. The number of aliphatic carboxylic acids is 1. The van der Waals surface area contributed by atoms with Crippen molar-refractivity contribution in [1.82, 2.24) is 20.2 Å². The Labute approximate surface area is 157 Å². The molecule has 4 aromatic rings. The van der Waals surface area contributed by atoms with Crippen molar-refractivity contribution >= 4 is 39.8 Å². The summed E-state index contributed by atoms with van der Waals surface area (Å²) in [7, 11) is 0. The standard InChI is InChI=1S/C18H13ClN4O2S/c19-13-2-1-5-20-18(13)10-3-4-14-12(6-10)15(23-22-14)8-16-21-9-11(26-16)7-17(24)25/h1-6,9H,7-8H2,(H,22,23)(H,24,25). The van der Waals surface area contributed by atoms with Crippen molar-refractivity contribution in [2.45, 2.75) is 12.8 Å². The number of rotatable bonds is 5. The van der Waals surface area contributed by atoms with Crippen LogP contribution in [0, 0.1) is 0 Å². The quantitative estimate of drug-likeness (QED) is 0.543. The number of hydrogen-bond donors (Lipinski definition) is 2. The molecule has 3 aromatic heterocycles. The highest BCUT2D eigenvalue weighted by Crippen LogP contribution is 2.29. The number of carbonyl (C=O) groups is 1. The Hall–Kier alpha value is -2.77. The van der Waals surface area contributed by atoms with Gasteiger partial charge < -0.3 is 5.11 Å². The molecule has 0 unspecified atom stereocenters. The van der Waals surface area contributed by atoms with Crippen molar-refractivity contribution in [1.29, 1.82) is 0 Å². The normalized spacial score (nSPS) is 11.1. The summed E-state index contributed by atoms with van der Waals surface area (Å²) >= 11 is 7.65. The van der Waals surface area contributed by atoms with Gasteiger partial charge in [0.15, 0.2) is 0 Å². The Morgan fingerprint density at radius 1 is 1.27 bits per heavy atom. The van der Waals surface area contributed by atoms with Crippen LogP contribution in [0.4, 0.5) is 0 Å². The summed E-state index contributed by atoms with van der Waals surface area (Å²) < 4.78 is 0. The Morgan fingerprint density at radius 3 is 2.96 bits per heavy atom. The maximum Gasteiger partial charge on any atom is 0.308 e. The molecule has 0 saturated heterocycles. The van der Waals surface area contributed by atoms with Crippen LogP contribution in [0.25, 0.3) is 22.2 Å². The van der Waals surface area contributed by atoms with E-state index in [0.717, 1.165) is 37.7 Å². The van der Waals surface area contributed by atoms with Crippen molar-refractivity contribution in [3.05, 3.63) is 63.3 Å². The first-order chi connectivity index (χ1) is 12.6. The van der Waals surface area contributed by atoms with E-state index in [-0.39, 0.29) is 6.42 Å². The second-order valence-electron chi connectivity index (χ2n) is 5.74. The number of carboxylic acids is 1. The van der Waals surface area contributed by atoms with E-state index in [1.165, 1.54) is 11.3 Å². The zero-order valence-electron chi connectivity index (χ0n) is 13.4. The van der Waals surface area contributed by atoms with Crippen molar-refractivity contribution in [3.8, 4) is 11.3 Å². The number of aromatic nitrogens is 4. The lowest BCUT2D eigenvalue weighted by atomic mass is 10.1. The van der Waals surface area contributed by atoms with Crippen LogP contribution in [0.3, 0.4) is 0 Å². The van der Waals surface area contributed by atoms with E-state index in [2.05, 4.69) is 20.2 Å². The lowest BCUT2D eigenvalue weighted by Crippen LogP contribution is -1.97. The maximum absolute atomic E-state index is 10.8. The highest BCUT2D eigenvalue weighted by Gasteiger charge is 2.13. The average Bonchev–Trinajstić information content (AvgIpc) is 3.22. The molecule has 0 bridgehead atoms. The molecule has 0 aliphatic rings. The maximum atomic E-state index is 10.8. The minimum Gasteiger partial charge on any atom is -0.481 e. The minimum atomic E-state index is -0.857. The van der Waals surface area contributed by atoms with Crippen LogP contribution in [0.15, 0.2) is 42.7 Å². The van der Waals surface area contributed by atoms with Gasteiger partial charge in [-0.05, 0) is 24.3 Å². The molecule has 8 heteroatoms. The van der Waals surface area contributed by atoms with E-state index in [0.29, 0.717) is 11.4 Å². The molecule has 0 amide bonds. The molecule has 3 heterocycles. The van der Waals surface area contributed by atoms with Gasteiger partial charge in [0.25, 0.3) is 0 Å². The lowest BCUT2D eigenvalue weighted by molar-refractivity contribution is -0.136. The average molecular weight is 385 g/mol. The van der Waals surface area contributed by atoms with Gasteiger partial charge in [-0.3, -0.25) is 14.9 Å². The summed E-state index contributed by atoms with van der Waals surface area (Å²) in [6, 6.07) is 9.48. The molecule has 0 spiro atoms. The summed E-state index contributed by atoms with van der Waals surface area (Å²) in [4.78, 5) is 20.2.